The van der Waals surface area contributed by atoms with Gasteiger partial charge in [-0.2, -0.15) is 0 Å². The van der Waals surface area contributed by atoms with E-state index in [0.717, 1.165) is 19.5 Å². The number of nitrogens with zero attached hydrogens (tertiary/aromatic N) is 2. The lowest BCUT2D eigenvalue weighted by Crippen LogP contribution is -2.40. The second-order valence-electron chi connectivity index (χ2n) is 4.69. The van der Waals surface area contributed by atoms with Crippen LogP contribution >= 0.6 is 0 Å². The fourth-order valence-corrected chi connectivity index (χ4v) is 2.57. The number of methoxy groups -OCH3 is 1. The van der Waals surface area contributed by atoms with Crippen LogP contribution in [0.15, 0.2) is 18.3 Å². The standard InChI is InChI=1S/C14H21N3O2/c1-3-17-9-5-6-11(17)10-16-13(18)12-7-4-8-15-14(12)19-2/h4,7-8,11H,3,5-6,9-10H2,1-2H3,(H,16,18). The van der Waals surface area contributed by atoms with E-state index < -0.39 is 0 Å². The van der Waals surface area contributed by atoms with Gasteiger partial charge in [-0.05, 0) is 38.1 Å². The molecule has 1 atom stereocenters. The molecule has 1 aromatic heterocycles. The van der Waals surface area contributed by atoms with Crippen LogP contribution in [0.25, 0.3) is 0 Å². The number of carbonyl (C=O) groups excluding carboxylic acids is 1. The minimum atomic E-state index is -0.118. The maximum absolute atomic E-state index is 12.1. The van der Waals surface area contributed by atoms with E-state index in [-0.39, 0.29) is 5.91 Å². The summed E-state index contributed by atoms with van der Waals surface area (Å²) in [7, 11) is 1.52. The smallest absolute Gasteiger partial charge is 0.256 e. The fraction of sp³-hybridized carbons (Fsp3) is 0.571. The average Bonchev–Trinajstić information content (AvgIpc) is 2.92. The number of likely N-dealkylation sites (tertiary alicyclic amines) is 1. The third-order valence-corrected chi connectivity index (χ3v) is 3.61. The van der Waals surface area contributed by atoms with Crippen LogP contribution in [-0.4, -0.2) is 48.6 Å². The van der Waals surface area contributed by atoms with Crippen LogP contribution in [0.5, 0.6) is 5.88 Å². The Kier molecular flexibility index (Phi) is 4.74. The van der Waals surface area contributed by atoms with Crippen molar-refractivity contribution >= 4 is 5.91 Å². The van der Waals surface area contributed by atoms with E-state index >= 15 is 0 Å². The summed E-state index contributed by atoms with van der Waals surface area (Å²) in [4.78, 5) is 18.6. The number of carbonyl (C=O) groups is 1. The van der Waals surface area contributed by atoms with Crippen LogP contribution in [0.4, 0.5) is 0 Å². The molecule has 104 valence electrons. The number of rotatable bonds is 5. The maximum Gasteiger partial charge on any atom is 0.256 e. The molecule has 2 rings (SSSR count). The first-order chi connectivity index (χ1) is 9.26. The number of ether oxygens (including phenoxy) is 1. The van der Waals surface area contributed by atoms with Crippen molar-refractivity contribution in [2.24, 2.45) is 0 Å². The Bertz CT molecular complexity index is 436. The Hall–Kier alpha value is -1.62. The Balaban J connectivity index is 1.94. The van der Waals surface area contributed by atoms with Crippen molar-refractivity contribution in [1.29, 1.82) is 0 Å². The van der Waals surface area contributed by atoms with Crippen molar-refractivity contribution in [1.82, 2.24) is 15.2 Å². The molecule has 5 nitrogen and oxygen atoms in total. The van der Waals surface area contributed by atoms with Crippen LogP contribution in [0.2, 0.25) is 0 Å². The molecule has 19 heavy (non-hydrogen) atoms. The summed E-state index contributed by atoms with van der Waals surface area (Å²) in [5, 5.41) is 2.98. The SMILES string of the molecule is CCN1CCCC1CNC(=O)c1cccnc1OC. The molecular formula is C14H21N3O2. The van der Waals surface area contributed by atoms with Crippen molar-refractivity contribution in [2.45, 2.75) is 25.8 Å². The molecule has 0 spiro atoms. The summed E-state index contributed by atoms with van der Waals surface area (Å²) >= 11 is 0. The summed E-state index contributed by atoms with van der Waals surface area (Å²) in [5.74, 6) is 0.256. The average molecular weight is 263 g/mol. The Morgan fingerprint density at radius 2 is 2.47 bits per heavy atom. The lowest BCUT2D eigenvalue weighted by atomic mass is 10.2. The highest BCUT2D eigenvalue weighted by atomic mass is 16.5. The molecule has 0 saturated carbocycles. The van der Waals surface area contributed by atoms with Gasteiger partial charge in [0.1, 0.15) is 5.56 Å². The Morgan fingerprint density at radius 3 is 3.21 bits per heavy atom. The largest absolute Gasteiger partial charge is 0.480 e. The third-order valence-electron chi connectivity index (χ3n) is 3.61. The lowest BCUT2D eigenvalue weighted by Gasteiger charge is -2.22. The first-order valence-electron chi connectivity index (χ1n) is 6.77. The fourth-order valence-electron chi connectivity index (χ4n) is 2.57. The normalized spacial score (nSPS) is 19.4. The van der Waals surface area contributed by atoms with Crippen LogP contribution in [0.1, 0.15) is 30.1 Å². The summed E-state index contributed by atoms with van der Waals surface area (Å²) in [5.41, 5.74) is 0.492. The van der Waals surface area contributed by atoms with Gasteiger partial charge in [-0.25, -0.2) is 4.98 Å². The number of aromatic nitrogens is 1. The van der Waals surface area contributed by atoms with Crippen LogP contribution in [0, 0.1) is 0 Å². The number of likely N-dealkylation sites (N-methyl/N-ethyl adjacent to an activating group) is 1. The molecule has 0 bridgehead atoms. The van der Waals surface area contributed by atoms with Gasteiger partial charge >= 0.3 is 0 Å². The molecule has 5 heteroatoms. The predicted octanol–water partition coefficient (Wildman–Crippen LogP) is 1.30. The highest BCUT2D eigenvalue weighted by molar-refractivity contribution is 5.96. The van der Waals surface area contributed by atoms with Gasteiger partial charge in [0.25, 0.3) is 5.91 Å². The number of hydrogen-bond acceptors (Lipinski definition) is 4. The van der Waals surface area contributed by atoms with Gasteiger partial charge in [-0.1, -0.05) is 6.92 Å². The predicted molar refractivity (Wildman–Crippen MR) is 73.4 cm³/mol. The summed E-state index contributed by atoms with van der Waals surface area (Å²) in [6.45, 7) is 5.01. The lowest BCUT2D eigenvalue weighted by molar-refractivity contribution is 0.0937. The molecule has 0 radical (unpaired) electrons. The van der Waals surface area contributed by atoms with Gasteiger partial charge in [0, 0.05) is 18.8 Å². The molecule has 1 unspecified atom stereocenters. The van der Waals surface area contributed by atoms with E-state index in [1.807, 2.05) is 0 Å². The molecular weight excluding hydrogens is 242 g/mol. The second-order valence-corrected chi connectivity index (χ2v) is 4.69. The molecule has 0 aliphatic carbocycles. The van der Waals surface area contributed by atoms with E-state index in [1.54, 1.807) is 18.3 Å². The quantitative estimate of drug-likeness (QED) is 0.870. The number of hydrogen-bond donors (Lipinski definition) is 1. The zero-order valence-corrected chi connectivity index (χ0v) is 11.6. The minimum absolute atomic E-state index is 0.118. The molecule has 1 fully saturated rings. The van der Waals surface area contributed by atoms with Crippen molar-refractivity contribution in [3.8, 4) is 5.88 Å². The topological polar surface area (TPSA) is 54.5 Å². The molecule has 1 N–H and O–H groups in total. The summed E-state index contributed by atoms with van der Waals surface area (Å²) in [6.07, 6.45) is 3.98. The van der Waals surface area contributed by atoms with E-state index in [0.29, 0.717) is 24.0 Å². The molecule has 1 aliphatic rings. The number of pyridine rings is 1. The van der Waals surface area contributed by atoms with E-state index in [9.17, 15) is 4.79 Å². The third kappa shape index (κ3) is 3.23. The molecule has 2 heterocycles. The maximum atomic E-state index is 12.1. The van der Waals surface area contributed by atoms with Crippen molar-refractivity contribution in [3.05, 3.63) is 23.9 Å². The first kappa shape index (κ1) is 13.8. The number of nitrogens with one attached hydrogen (secondary N) is 1. The molecule has 1 saturated heterocycles. The zero-order chi connectivity index (χ0) is 13.7. The highest BCUT2D eigenvalue weighted by Gasteiger charge is 2.23. The second kappa shape index (κ2) is 6.52. The molecule has 1 aliphatic heterocycles. The van der Waals surface area contributed by atoms with Gasteiger partial charge in [0.2, 0.25) is 5.88 Å². The van der Waals surface area contributed by atoms with Gasteiger partial charge in [0.15, 0.2) is 0 Å². The van der Waals surface area contributed by atoms with Crippen molar-refractivity contribution < 1.29 is 9.53 Å². The monoisotopic (exact) mass is 263 g/mol. The van der Waals surface area contributed by atoms with Crippen LogP contribution < -0.4 is 10.1 Å². The molecule has 1 aromatic rings. The van der Waals surface area contributed by atoms with Crippen molar-refractivity contribution in [3.63, 3.8) is 0 Å². The zero-order valence-electron chi connectivity index (χ0n) is 11.6. The summed E-state index contributed by atoms with van der Waals surface area (Å²) in [6, 6.07) is 3.93. The van der Waals surface area contributed by atoms with Gasteiger partial charge in [-0.15, -0.1) is 0 Å². The van der Waals surface area contributed by atoms with Gasteiger partial charge in [0.05, 0.1) is 7.11 Å². The van der Waals surface area contributed by atoms with E-state index in [1.165, 1.54) is 13.5 Å². The minimum Gasteiger partial charge on any atom is -0.480 e. The Labute approximate surface area is 114 Å². The Morgan fingerprint density at radius 1 is 1.63 bits per heavy atom. The van der Waals surface area contributed by atoms with Gasteiger partial charge in [-0.3, -0.25) is 9.69 Å². The van der Waals surface area contributed by atoms with Gasteiger partial charge < -0.3 is 10.1 Å². The van der Waals surface area contributed by atoms with Crippen LogP contribution in [-0.2, 0) is 0 Å². The van der Waals surface area contributed by atoms with Crippen molar-refractivity contribution in [2.75, 3.05) is 26.7 Å². The summed E-state index contributed by atoms with van der Waals surface area (Å²) < 4.78 is 5.10. The highest BCUT2D eigenvalue weighted by Crippen LogP contribution is 2.17. The van der Waals surface area contributed by atoms with Crippen LogP contribution in [0.3, 0.4) is 0 Å². The van der Waals surface area contributed by atoms with E-state index in [2.05, 4.69) is 22.1 Å². The first-order valence-corrected chi connectivity index (χ1v) is 6.77. The molecule has 1 amide bonds. The molecule has 0 aromatic carbocycles. The van der Waals surface area contributed by atoms with E-state index in [4.69, 9.17) is 4.74 Å². The number of amides is 1.